The zero-order chi connectivity index (χ0) is 21.8. The number of hydrogen-bond donors (Lipinski definition) is 1. The Balaban J connectivity index is 1.69. The van der Waals surface area contributed by atoms with Crippen molar-refractivity contribution in [1.82, 2.24) is 9.62 Å². The summed E-state index contributed by atoms with van der Waals surface area (Å²) in [4.78, 5) is 12.9. The topological polar surface area (TPSA) is 75.7 Å². The number of ether oxygens (including phenoxy) is 1. The Hall–Kier alpha value is -2.22. The van der Waals surface area contributed by atoms with E-state index in [-0.39, 0.29) is 22.3 Å². The molecule has 0 aromatic heterocycles. The van der Waals surface area contributed by atoms with Crippen molar-refractivity contribution in [2.24, 2.45) is 0 Å². The predicted molar refractivity (Wildman–Crippen MR) is 117 cm³/mol. The molecule has 1 heterocycles. The molecule has 0 radical (unpaired) electrons. The first-order chi connectivity index (χ1) is 14.2. The Morgan fingerprint density at radius 3 is 2.43 bits per heavy atom. The van der Waals surface area contributed by atoms with Gasteiger partial charge in [0.15, 0.2) is 0 Å². The first-order valence-electron chi connectivity index (χ1n) is 10.2. The molecule has 1 saturated heterocycles. The van der Waals surface area contributed by atoms with Crippen molar-refractivity contribution in [3.8, 4) is 0 Å². The second-order valence-electron chi connectivity index (χ2n) is 8.37. The van der Waals surface area contributed by atoms with Gasteiger partial charge < -0.3 is 10.1 Å². The molecule has 1 aliphatic heterocycles. The summed E-state index contributed by atoms with van der Waals surface area (Å²) in [5, 5.41) is 3.01. The molecule has 0 saturated carbocycles. The van der Waals surface area contributed by atoms with Gasteiger partial charge in [-0.15, -0.1) is 0 Å². The number of amides is 1. The smallest absolute Gasteiger partial charge is 0.251 e. The fourth-order valence-corrected chi connectivity index (χ4v) is 5.32. The largest absolute Gasteiger partial charge is 0.379 e. The van der Waals surface area contributed by atoms with E-state index in [4.69, 9.17) is 4.74 Å². The van der Waals surface area contributed by atoms with E-state index in [0.29, 0.717) is 31.9 Å². The molecule has 162 valence electrons. The van der Waals surface area contributed by atoms with E-state index in [2.05, 4.69) is 31.3 Å². The molecule has 7 heteroatoms. The van der Waals surface area contributed by atoms with Crippen LogP contribution in [0.1, 0.15) is 43.1 Å². The second kappa shape index (κ2) is 9.29. The second-order valence-corrected chi connectivity index (χ2v) is 10.3. The standard InChI is InChI=1S/C23H30N2O4S/c1-18(17-23(2,3)20-9-5-4-6-10-20)24-22(26)19-8-7-11-21(16-19)30(27,28)25-12-14-29-15-13-25/h4-11,16,18H,12-15,17H2,1-3H3,(H,24,26). The minimum absolute atomic E-state index is 0.0767. The minimum atomic E-state index is -3.64. The Kier molecular flexibility index (Phi) is 6.95. The van der Waals surface area contributed by atoms with Crippen molar-refractivity contribution < 1.29 is 17.9 Å². The quantitative estimate of drug-likeness (QED) is 0.732. The number of morpholine rings is 1. The van der Waals surface area contributed by atoms with Crippen molar-refractivity contribution in [2.45, 2.75) is 43.5 Å². The van der Waals surface area contributed by atoms with E-state index in [0.717, 1.165) is 6.42 Å². The Morgan fingerprint density at radius 1 is 1.10 bits per heavy atom. The van der Waals surface area contributed by atoms with E-state index in [9.17, 15) is 13.2 Å². The van der Waals surface area contributed by atoms with Crippen LogP contribution in [-0.2, 0) is 20.2 Å². The van der Waals surface area contributed by atoms with Crippen LogP contribution in [-0.4, -0.2) is 51.0 Å². The van der Waals surface area contributed by atoms with Gasteiger partial charge in [0.05, 0.1) is 18.1 Å². The highest BCUT2D eigenvalue weighted by atomic mass is 32.2. The molecule has 1 N–H and O–H groups in total. The van der Waals surface area contributed by atoms with Crippen LogP contribution < -0.4 is 5.32 Å². The highest BCUT2D eigenvalue weighted by Crippen LogP contribution is 2.28. The van der Waals surface area contributed by atoms with Gasteiger partial charge in [0.25, 0.3) is 5.91 Å². The summed E-state index contributed by atoms with van der Waals surface area (Å²) in [5.41, 5.74) is 1.45. The monoisotopic (exact) mass is 430 g/mol. The molecule has 1 unspecified atom stereocenters. The molecular weight excluding hydrogens is 400 g/mol. The molecule has 0 bridgehead atoms. The van der Waals surface area contributed by atoms with Gasteiger partial charge in [-0.05, 0) is 42.5 Å². The lowest BCUT2D eigenvalue weighted by Gasteiger charge is -2.29. The third-order valence-corrected chi connectivity index (χ3v) is 7.35. The number of sulfonamides is 1. The van der Waals surface area contributed by atoms with Crippen molar-refractivity contribution >= 4 is 15.9 Å². The normalized spacial score (nSPS) is 16.8. The van der Waals surface area contributed by atoms with Gasteiger partial charge in [-0.3, -0.25) is 4.79 Å². The lowest BCUT2D eigenvalue weighted by atomic mass is 9.79. The number of carbonyl (C=O) groups excluding carboxylic acids is 1. The molecule has 1 fully saturated rings. The van der Waals surface area contributed by atoms with E-state index < -0.39 is 10.0 Å². The first kappa shape index (κ1) is 22.5. The molecule has 2 aromatic rings. The molecule has 3 rings (SSSR count). The van der Waals surface area contributed by atoms with Crippen molar-refractivity contribution in [3.05, 3.63) is 65.7 Å². The highest BCUT2D eigenvalue weighted by Gasteiger charge is 2.28. The third-order valence-electron chi connectivity index (χ3n) is 5.45. The van der Waals surface area contributed by atoms with E-state index in [1.165, 1.54) is 22.0 Å². The number of carbonyl (C=O) groups is 1. The van der Waals surface area contributed by atoms with E-state index >= 15 is 0 Å². The lowest BCUT2D eigenvalue weighted by Crippen LogP contribution is -2.40. The number of benzene rings is 2. The van der Waals surface area contributed by atoms with Crippen LogP contribution in [0.4, 0.5) is 0 Å². The van der Waals surface area contributed by atoms with Gasteiger partial charge in [0, 0.05) is 24.7 Å². The van der Waals surface area contributed by atoms with Crippen LogP contribution >= 0.6 is 0 Å². The summed E-state index contributed by atoms with van der Waals surface area (Å²) < 4.78 is 32.4. The molecule has 30 heavy (non-hydrogen) atoms. The SMILES string of the molecule is CC(CC(C)(C)c1ccccc1)NC(=O)c1cccc(S(=O)(=O)N2CCOCC2)c1. The maximum atomic E-state index is 12.9. The van der Waals surface area contributed by atoms with Gasteiger partial charge in [-0.25, -0.2) is 8.42 Å². The summed E-state index contributed by atoms with van der Waals surface area (Å²) >= 11 is 0. The molecule has 0 aliphatic carbocycles. The molecule has 0 spiro atoms. The first-order valence-corrected chi connectivity index (χ1v) is 11.7. The van der Waals surface area contributed by atoms with Crippen LogP contribution in [0, 0.1) is 0 Å². The van der Waals surface area contributed by atoms with Crippen molar-refractivity contribution in [1.29, 1.82) is 0 Å². The van der Waals surface area contributed by atoms with Crippen LogP contribution in [0.2, 0.25) is 0 Å². The summed E-state index contributed by atoms with van der Waals surface area (Å²) in [6.07, 6.45) is 0.758. The summed E-state index contributed by atoms with van der Waals surface area (Å²) in [6.45, 7) is 7.69. The van der Waals surface area contributed by atoms with Crippen LogP contribution in [0.15, 0.2) is 59.5 Å². The Bertz CT molecular complexity index is 968. The maximum Gasteiger partial charge on any atom is 0.251 e. The average Bonchev–Trinajstić information content (AvgIpc) is 2.74. The summed E-state index contributed by atoms with van der Waals surface area (Å²) in [6, 6.07) is 16.4. The number of rotatable bonds is 7. The average molecular weight is 431 g/mol. The highest BCUT2D eigenvalue weighted by molar-refractivity contribution is 7.89. The van der Waals surface area contributed by atoms with Gasteiger partial charge in [-0.2, -0.15) is 4.31 Å². The molecule has 1 aliphatic rings. The molecule has 1 amide bonds. The van der Waals surface area contributed by atoms with Crippen LogP contribution in [0.25, 0.3) is 0 Å². The summed E-state index contributed by atoms with van der Waals surface area (Å²) in [5.74, 6) is -0.273. The van der Waals surface area contributed by atoms with Gasteiger partial charge in [-0.1, -0.05) is 50.2 Å². The lowest BCUT2D eigenvalue weighted by molar-refractivity contribution is 0.0730. The molecule has 2 aromatic carbocycles. The van der Waals surface area contributed by atoms with Gasteiger partial charge in [0.1, 0.15) is 0 Å². The molecule has 1 atom stereocenters. The number of hydrogen-bond acceptors (Lipinski definition) is 4. The van der Waals surface area contributed by atoms with E-state index in [1.807, 2.05) is 25.1 Å². The maximum absolute atomic E-state index is 12.9. The fourth-order valence-electron chi connectivity index (χ4n) is 3.86. The molecular formula is C23H30N2O4S. The zero-order valence-corrected chi connectivity index (χ0v) is 18.6. The van der Waals surface area contributed by atoms with Gasteiger partial charge in [0.2, 0.25) is 10.0 Å². The van der Waals surface area contributed by atoms with Crippen LogP contribution in [0.3, 0.4) is 0 Å². The summed E-state index contributed by atoms with van der Waals surface area (Å²) in [7, 11) is -3.64. The Labute approximate surface area is 179 Å². The third kappa shape index (κ3) is 5.28. The predicted octanol–water partition coefficient (Wildman–Crippen LogP) is 3.19. The van der Waals surface area contributed by atoms with Crippen LogP contribution in [0.5, 0.6) is 0 Å². The molecule has 6 nitrogen and oxygen atoms in total. The Morgan fingerprint density at radius 2 is 1.77 bits per heavy atom. The van der Waals surface area contributed by atoms with E-state index in [1.54, 1.807) is 12.1 Å². The number of nitrogens with zero attached hydrogens (tertiary/aromatic N) is 1. The van der Waals surface area contributed by atoms with Gasteiger partial charge >= 0.3 is 0 Å². The number of nitrogens with one attached hydrogen (secondary N) is 1. The van der Waals surface area contributed by atoms with Crippen molar-refractivity contribution in [2.75, 3.05) is 26.3 Å². The zero-order valence-electron chi connectivity index (χ0n) is 17.8. The van der Waals surface area contributed by atoms with Crippen molar-refractivity contribution in [3.63, 3.8) is 0 Å². The minimum Gasteiger partial charge on any atom is -0.379 e. The fraction of sp³-hybridized carbons (Fsp3) is 0.435.